The van der Waals surface area contributed by atoms with Crippen molar-refractivity contribution < 1.29 is 4.42 Å². The van der Waals surface area contributed by atoms with E-state index in [-0.39, 0.29) is 6.04 Å². The lowest BCUT2D eigenvalue weighted by Crippen LogP contribution is -2.30. The van der Waals surface area contributed by atoms with Gasteiger partial charge in [-0.15, -0.1) is 0 Å². The normalized spacial score (nSPS) is 19.8. The maximum Gasteiger partial charge on any atom is 0.194 e. The van der Waals surface area contributed by atoms with Crippen LogP contribution < -0.4 is 5.73 Å². The zero-order chi connectivity index (χ0) is 11.1. The maximum atomic E-state index is 5.90. The van der Waals surface area contributed by atoms with Gasteiger partial charge in [-0.05, 0) is 30.2 Å². The minimum atomic E-state index is 0.225. The first-order valence-electron chi connectivity index (χ1n) is 5.30. The van der Waals surface area contributed by atoms with Crippen molar-refractivity contribution in [3.8, 4) is 11.5 Å². The summed E-state index contributed by atoms with van der Waals surface area (Å²) in [6.45, 7) is 0.929. The molecule has 0 bridgehead atoms. The number of furan rings is 1. The van der Waals surface area contributed by atoms with Crippen molar-refractivity contribution in [1.82, 2.24) is 9.55 Å². The van der Waals surface area contributed by atoms with Crippen LogP contribution >= 0.6 is 11.6 Å². The van der Waals surface area contributed by atoms with Gasteiger partial charge in [0, 0.05) is 25.2 Å². The molecule has 0 aliphatic carbocycles. The Morgan fingerprint density at radius 2 is 2.38 bits per heavy atom. The van der Waals surface area contributed by atoms with Crippen LogP contribution in [0, 0.1) is 0 Å². The SMILES string of the molecule is NC1CCn2cc(-c3ccc(Cl)o3)nc2C1. The minimum Gasteiger partial charge on any atom is -0.443 e. The summed E-state index contributed by atoms with van der Waals surface area (Å²) in [6.07, 6.45) is 3.83. The fourth-order valence-corrected chi connectivity index (χ4v) is 2.17. The number of fused-ring (bicyclic) bond motifs is 1. The van der Waals surface area contributed by atoms with Crippen LogP contribution in [0.1, 0.15) is 12.2 Å². The van der Waals surface area contributed by atoms with Crippen LogP contribution in [-0.2, 0) is 13.0 Å². The molecule has 0 spiro atoms. The molecule has 0 fully saturated rings. The number of hydrogen-bond donors (Lipinski definition) is 1. The molecule has 3 heterocycles. The molecule has 16 heavy (non-hydrogen) atoms. The van der Waals surface area contributed by atoms with Gasteiger partial charge in [-0.1, -0.05) is 0 Å². The summed E-state index contributed by atoms with van der Waals surface area (Å²) in [5.41, 5.74) is 6.73. The third-order valence-electron chi connectivity index (χ3n) is 2.87. The van der Waals surface area contributed by atoms with Gasteiger partial charge in [-0.25, -0.2) is 4.98 Å². The third kappa shape index (κ3) is 1.64. The first kappa shape index (κ1) is 9.93. The first-order valence-corrected chi connectivity index (χ1v) is 5.67. The Kier molecular flexibility index (Phi) is 2.26. The summed E-state index contributed by atoms with van der Waals surface area (Å²) in [5.74, 6) is 1.74. The molecule has 0 saturated carbocycles. The van der Waals surface area contributed by atoms with E-state index in [2.05, 4.69) is 9.55 Å². The van der Waals surface area contributed by atoms with Gasteiger partial charge >= 0.3 is 0 Å². The Labute approximate surface area is 98.0 Å². The van der Waals surface area contributed by atoms with E-state index in [0.29, 0.717) is 11.0 Å². The van der Waals surface area contributed by atoms with E-state index in [1.807, 2.05) is 12.3 Å². The van der Waals surface area contributed by atoms with Crippen LogP contribution in [0.15, 0.2) is 22.7 Å². The maximum absolute atomic E-state index is 5.90. The summed E-state index contributed by atoms with van der Waals surface area (Å²) < 4.78 is 7.47. The first-order chi connectivity index (χ1) is 7.72. The zero-order valence-electron chi connectivity index (χ0n) is 8.69. The molecule has 0 aromatic carbocycles. The molecule has 3 rings (SSSR count). The molecule has 2 N–H and O–H groups in total. The standard InChI is InChI=1S/C11H12ClN3O/c12-10-2-1-9(16-10)8-6-15-4-3-7(13)5-11(15)14-8/h1-2,6-7H,3-5,13H2. The summed E-state index contributed by atoms with van der Waals surface area (Å²) in [6, 6.07) is 3.78. The Morgan fingerprint density at radius 3 is 3.12 bits per heavy atom. The van der Waals surface area contributed by atoms with Crippen molar-refractivity contribution in [2.75, 3.05) is 0 Å². The largest absolute Gasteiger partial charge is 0.443 e. The molecule has 1 aliphatic rings. The zero-order valence-corrected chi connectivity index (χ0v) is 9.44. The summed E-state index contributed by atoms with van der Waals surface area (Å²) in [5, 5.41) is 0.387. The highest BCUT2D eigenvalue weighted by Crippen LogP contribution is 2.25. The van der Waals surface area contributed by atoms with Gasteiger partial charge in [0.2, 0.25) is 0 Å². The molecule has 1 aliphatic heterocycles. The number of hydrogen-bond acceptors (Lipinski definition) is 3. The van der Waals surface area contributed by atoms with Crippen LogP contribution in [-0.4, -0.2) is 15.6 Å². The van der Waals surface area contributed by atoms with Crippen LogP contribution in [0.3, 0.4) is 0 Å². The number of aryl methyl sites for hydroxylation is 1. The monoisotopic (exact) mass is 237 g/mol. The van der Waals surface area contributed by atoms with Crippen molar-refractivity contribution in [1.29, 1.82) is 0 Å². The molecular formula is C11H12ClN3O. The molecular weight excluding hydrogens is 226 g/mol. The van der Waals surface area contributed by atoms with Gasteiger partial charge in [0.1, 0.15) is 11.5 Å². The molecule has 2 aromatic heterocycles. The Bertz CT molecular complexity index is 517. The lowest BCUT2D eigenvalue weighted by atomic mass is 10.1. The van der Waals surface area contributed by atoms with E-state index in [4.69, 9.17) is 21.8 Å². The number of halogens is 1. The summed E-state index contributed by atoms with van der Waals surface area (Å²) in [4.78, 5) is 4.52. The van der Waals surface area contributed by atoms with Gasteiger partial charge < -0.3 is 14.7 Å². The highest BCUT2D eigenvalue weighted by atomic mass is 35.5. The predicted molar refractivity (Wildman–Crippen MR) is 61.2 cm³/mol. The fraction of sp³-hybridized carbons (Fsp3) is 0.364. The van der Waals surface area contributed by atoms with Crippen molar-refractivity contribution in [3.05, 3.63) is 29.4 Å². The lowest BCUT2D eigenvalue weighted by Gasteiger charge is -2.18. The van der Waals surface area contributed by atoms with E-state index in [1.54, 1.807) is 6.07 Å². The van der Waals surface area contributed by atoms with Gasteiger partial charge in [-0.2, -0.15) is 0 Å². The third-order valence-corrected chi connectivity index (χ3v) is 3.07. The second-order valence-corrected chi connectivity index (χ2v) is 4.46. The highest BCUT2D eigenvalue weighted by molar-refractivity contribution is 6.28. The number of aromatic nitrogens is 2. The highest BCUT2D eigenvalue weighted by Gasteiger charge is 2.19. The lowest BCUT2D eigenvalue weighted by molar-refractivity contribution is 0.463. The Morgan fingerprint density at radius 1 is 1.50 bits per heavy atom. The van der Waals surface area contributed by atoms with E-state index in [9.17, 15) is 0 Å². The van der Waals surface area contributed by atoms with E-state index in [0.717, 1.165) is 30.9 Å². The second kappa shape index (κ2) is 3.64. The van der Waals surface area contributed by atoms with Gasteiger partial charge in [0.15, 0.2) is 11.0 Å². The quantitative estimate of drug-likeness (QED) is 0.826. The molecule has 4 nitrogen and oxygen atoms in total. The average Bonchev–Trinajstić information content (AvgIpc) is 2.83. The van der Waals surface area contributed by atoms with Crippen molar-refractivity contribution in [3.63, 3.8) is 0 Å². The van der Waals surface area contributed by atoms with Crippen molar-refractivity contribution in [2.24, 2.45) is 5.73 Å². The summed E-state index contributed by atoms with van der Waals surface area (Å²) >= 11 is 5.74. The number of rotatable bonds is 1. The van der Waals surface area contributed by atoms with E-state index < -0.39 is 0 Å². The smallest absolute Gasteiger partial charge is 0.194 e. The molecule has 5 heteroatoms. The Hall–Kier alpha value is -1.26. The van der Waals surface area contributed by atoms with Gasteiger partial charge in [-0.3, -0.25) is 0 Å². The fourth-order valence-electron chi connectivity index (χ4n) is 2.02. The van der Waals surface area contributed by atoms with Crippen molar-refractivity contribution >= 4 is 11.6 Å². The van der Waals surface area contributed by atoms with Crippen LogP contribution in [0.25, 0.3) is 11.5 Å². The average molecular weight is 238 g/mol. The predicted octanol–water partition coefficient (Wildman–Crippen LogP) is 2.07. The van der Waals surface area contributed by atoms with Gasteiger partial charge in [0.25, 0.3) is 0 Å². The molecule has 1 atom stereocenters. The molecule has 84 valence electrons. The molecule has 1 unspecified atom stereocenters. The molecule has 2 aromatic rings. The molecule has 0 amide bonds. The van der Waals surface area contributed by atoms with E-state index >= 15 is 0 Å². The number of imidazole rings is 1. The topological polar surface area (TPSA) is 57.0 Å². The molecule has 0 radical (unpaired) electrons. The van der Waals surface area contributed by atoms with Crippen LogP contribution in [0.2, 0.25) is 5.22 Å². The van der Waals surface area contributed by atoms with Gasteiger partial charge in [0.05, 0.1) is 0 Å². The van der Waals surface area contributed by atoms with E-state index in [1.165, 1.54) is 0 Å². The minimum absolute atomic E-state index is 0.225. The summed E-state index contributed by atoms with van der Waals surface area (Å²) in [7, 11) is 0. The van der Waals surface area contributed by atoms with Crippen LogP contribution in [0.4, 0.5) is 0 Å². The van der Waals surface area contributed by atoms with Crippen molar-refractivity contribution in [2.45, 2.75) is 25.4 Å². The van der Waals surface area contributed by atoms with Crippen LogP contribution in [0.5, 0.6) is 0 Å². The molecule has 0 saturated heterocycles. The Balaban J connectivity index is 1.98. The number of nitrogens with two attached hydrogens (primary N) is 1. The second-order valence-electron chi connectivity index (χ2n) is 4.09. The number of nitrogens with zero attached hydrogens (tertiary/aromatic N) is 2.